The molecular weight excluding hydrogens is 276 g/mol. The summed E-state index contributed by atoms with van der Waals surface area (Å²) < 4.78 is 4.03. The minimum Gasteiger partial charge on any atom is -0.296 e. The zero-order valence-electron chi connectivity index (χ0n) is 8.63. The zero-order valence-corrected chi connectivity index (χ0v) is 11.1. The minimum atomic E-state index is -0.319. The zero-order chi connectivity index (χ0) is 12.3. The number of hydrogen-bond acceptors (Lipinski definition) is 7. The maximum Gasteiger partial charge on any atom is 0.268 e. The van der Waals surface area contributed by atoms with E-state index >= 15 is 0 Å². The van der Waals surface area contributed by atoms with Crippen molar-refractivity contribution in [2.75, 3.05) is 11.6 Å². The quantitative estimate of drug-likeness (QED) is 0.875. The van der Waals surface area contributed by atoms with E-state index in [1.165, 1.54) is 23.1 Å². The molecule has 0 bridgehead atoms. The number of rotatable bonds is 3. The number of nitrogens with zero attached hydrogens (tertiary/aromatic N) is 3. The van der Waals surface area contributed by atoms with Crippen molar-refractivity contribution in [2.45, 2.75) is 5.16 Å². The van der Waals surface area contributed by atoms with Crippen molar-refractivity contribution < 1.29 is 4.79 Å². The molecule has 0 atom stereocenters. The summed E-state index contributed by atoms with van der Waals surface area (Å²) in [5.74, 6) is -0.319. The second-order valence-corrected chi connectivity index (χ2v) is 5.26. The van der Waals surface area contributed by atoms with Gasteiger partial charge in [-0.05, 0) is 17.7 Å². The Morgan fingerprint density at radius 1 is 1.65 bits per heavy atom. The molecule has 2 rings (SSSR count). The van der Waals surface area contributed by atoms with Gasteiger partial charge in [-0.3, -0.25) is 10.1 Å². The Labute approximate surface area is 110 Å². The van der Waals surface area contributed by atoms with Crippen molar-refractivity contribution in [1.82, 2.24) is 9.36 Å². The number of amides is 1. The number of aromatic nitrogens is 2. The second kappa shape index (κ2) is 5.27. The van der Waals surface area contributed by atoms with E-state index in [0.29, 0.717) is 20.7 Å². The van der Waals surface area contributed by atoms with Gasteiger partial charge in [0.15, 0.2) is 0 Å². The first kappa shape index (κ1) is 12.0. The average molecular weight is 282 g/mol. The molecule has 0 saturated heterocycles. The molecule has 0 spiro atoms. The SMILES string of the molecule is CSc1nsc(NC(=O)c2sccc2C#N)n1. The average Bonchev–Trinajstić information content (AvgIpc) is 2.96. The maximum atomic E-state index is 11.8. The Kier molecular flexibility index (Phi) is 3.73. The predicted octanol–water partition coefficient (Wildman–Crippen LogP) is 2.45. The summed E-state index contributed by atoms with van der Waals surface area (Å²) in [4.78, 5) is 16.3. The largest absolute Gasteiger partial charge is 0.296 e. The lowest BCUT2D eigenvalue weighted by Crippen LogP contribution is -2.11. The van der Waals surface area contributed by atoms with Crippen molar-refractivity contribution >= 4 is 45.7 Å². The van der Waals surface area contributed by atoms with Crippen molar-refractivity contribution in [2.24, 2.45) is 0 Å². The fourth-order valence-electron chi connectivity index (χ4n) is 1.07. The van der Waals surface area contributed by atoms with Gasteiger partial charge in [0.2, 0.25) is 10.3 Å². The number of anilines is 1. The number of carbonyl (C=O) groups is 1. The molecule has 0 radical (unpaired) electrons. The van der Waals surface area contributed by atoms with Crippen molar-refractivity contribution in [3.63, 3.8) is 0 Å². The van der Waals surface area contributed by atoms with Gasteiger partial charge < -0.3 is 0 Å². The van der Waals surface area contributed by atoms with Crippen LogP contribution in [-0.2, 0) is 0 Å². The molecule has 5 nitrogen and oxygen atoms in total. The van der Waals surface area contributed by atoms with Crippen molar-refractivity contribution in [1.29, 1.82) is 5.26 Å². The highest BCUT2D eigenvalue weighted by Crippen LogP contribution is 2.21. The van der Waals surface area contributed by atoms with E-state index in [2.05, 4.69) is 14.7 Å². The van der Waals surface area contributed by atoms with E-state index in [4.69, 9.17) is 5.26 Å². The predicted molar refractivity (Wildman–Crippen MR) is 68.7 cm³/mol. The van der Waals surface area contributed by atoms with E-state index in [-0.39, 0.29) is 5.91 Å². The lowest BCUT2D eigenvalue weighted by atomic mass is 10.3. The van der Waals surface area contributed by atoms with E-state index in [0.717, 1.165) is 11.5 Å². The summed E-state index contributed by atoms with van der Waals surface area (Å²) in [5, 5.41) is 14.2. The van der Waals surface area contributed by atoms with Crippen LogP contribution in [0.2, 0.25) is 0 Å². The van der Waals surface area contributed by atoms with E-state index in [9.17, 15) is 4.79 Å². The van der Waals surface area contributed by atoms with Gasteiger partial charge in [-0.25, -0.2) is 0 Å². The van der Waals surface area contributed by atoms with Crippen LogP contribution < -0.4 is 5.32 Å². The highest BCUT2D eigenvalue weighted by atomic mass is 32.2. The molecule has 1 N–H and O–H groups in total. The summed E-state index contributed by atoms with van der Waals surface area (Å²) >= 11 is 3.76. The molecule has 0 fully saturated rings. The first-order valence-corrected chi connectivity index (χ1v) is 7.29. The standard InChI is InChI=1S/C9H6N4OS3/c1-15-9-12-8(17-13-9)11-7(14)6-5(4-10)2-3-16-6/h2-3H,1H3,(H,11,12,13,14). The van der Waals surface area contributed by atoms with Crippen LogP contribution >= 0.6 is 34.6 Å². The summed E-state index contributed by atoms with van der Waals surface area (Å²) in [6, 6.07) is 3.59. The van der Waals surface area contributed by atoms with Gasteiger partial charge in [0, 0.05) is 11.5 Å². The number of thiophene rings is 1. The Morgan fingerprint density at radius 2 is 2.47 bits per heavy atom. The summed E-state index contributed by atoms with van der Waals surface area (Å²) in [5.41, 5.74) is 0.377. The van der Waals surface area contributed by atoms with Crippen LogP contribution in [0.3, 0.4) is 0 Å². The molecule has 0 aliphatic carbocycles. The number of thioether (sulfide) groups is 1. The highest BCUT2D eigenvalue weighted by molar-refractivity contribution is 7.98. The van der Waals surface area contributed by atoms with Gasteiger partial charge in [-0.1, -0.05) is 11.8 Å². The summed E-state index contributed by atoms with van der Waals surface area (Å²) in [6.07, 6.45) is 1.86. The third kappa shape index (κ3) is 2.63. The molecule has 86 valence electrons. The van der Waals surface area contributed by atoms with Gasteiger partial charge in [0.25, 0.3) is 5.91 Å². The van der Waals surface area contributed by atoms with Crippen LogP contribution in [0.25, 0.3) is 0 Å². The van der Waals surface area contributed by atoms with Gasteiger partial charge in [0.1, 0.15) is 10.9 Å². The Bertz CT molecular complexity index is 583. The fraction of sp³-hybridized carbons (Fsp3) is 0.111. The lowest BCUT2D eigenvalue weighted by molar-refractivity contribution is 0.103. The molecule has 0 unspecified atom stereocenters. The Hall–Kier alpha value is -1.43. The van der Waals surface area contributed by atoms with Crippen LogP contribution in [-0.4, -0.2) is 21.5 Å². The van der Waals surface area contributed by atoms with Crippen LogP contribution in [0.15, 0.2) is 16.6 Å². The normalized spacial score (nSPS) is 9.88. The highest BCUT2D eigenvalue weighted by Gasteiger charge is 2.15. The monoisotopic (exact) mass is 282 g/mol. The topological polar surface area (TPSA) is 78.7 Å². The summed E-state index contributed by atoms with van der Waals surface area (Å²) in [6.45, 7) is 0. The Balaban J connectivity index is 2.15. The van der Waals surface area contributed by atoms with Gasteiger partial charge >= 0.3 is 0 Å². The number of nitriles is 1. The molecule has 0 saturated carbocycles. The van der Waals surface area contributed by atoms with Gasteiger partial charge in [-0.2, -0.15) is 14.6 Å². The van der Waals surface area contributed by atoms with Crippen LogP contribution in [0.1, 0.15) is 15.2 Å². The maximum absolute atomic E-state index is 11.8. The third-order valence-electron chi connectivity index (χ3n) is 1.80. The molecule has 17 heavy (non-hydrogen) atoms. The van der Waals surface area contributed by atoms with Crippen LogP contribution in [0.5, 0.6) is 0 Å². The molecule has 8 heteroatoms. The van der Waals surface area contributed by atoms with E-state index in [1.54, 1.807) is 11.4 Å². The molecule has 2 aromatic rings. The molecule has 0 aromatic carbocycles. The van der Waals surface area contributed by atoms with Crippen molar-refractivity contribution in [3.05, 3.63) is 21.9 Å². The van der Waals surface area contributed by atoms with Crippen molar-refractivity contribution in [3.8, 4) is 6.07 Å². The second-order valence-electron chi connectivity index (χ2n) is 2.82. The lowest BCUT2D eigenvalue weighted by Gasteiger charge is -1.97. The molecule has 2 heterocycles. The van der Waals surface area contributed by atoms with Crippen LogP contribution in [0.4, 0.5) is 5.13 Å². The summed E-state index contributed by atoms with van der Waals surface area (Å²) in [7, 11) is 0. The van der Waals surface area contributed by atoms with Gasteiger partial charge in [0.05, 0.1) is 5.56 Å². The minimum absolute atomic E-state index is 0.319. The molecule has 0 aliphatic heterocycles. The van der Waals surface area contributed by atoms with E-state index in [1.807, 2.05) is 12.3 Å². The number of nitrogens with one attached hydrogen (secondary N) is 1. The van der Waals surface area contributed by atoms with Crippen LogP contribution in [0, 0.1) is 11.3 Å². The first-order chi connectivity index (χ1) is 8.24. The fourth-order valence-corrected chi connectivity index (χ4v) is 2.93. The number of carbonyl (C=O) groups excluding carboxylic acids is 1. The van der Waals surface area contributed by atoms with Gasteiger partial charge in [-0.15, -0.1) is 11.3 Å². The first-order valence-electron chi connectivity index (χ1n) is 4.41. The Morgan fingerprint density at radius 3 is 3.12 bits per heavy atom. The number of hydrogen-bond donors (Lipinski definition) is 1. The molecule has 2 aromatic heterocycles. The van der Waals surface area contributed by atoms with E-state index < -0.39 is 0 Å². The molecule has 0 aliphatic rings. The molecule has 1 amide bonds. The third-order valence-corrected chi connectivity index (χ3v) is 4.01. The smallest absolute Gasteiger partial charge is 0.268 e. The molecular formula is C9H6N4OS3.